The Morgan fingerprint density at radius 3 is 2.32 bits per heavy atom. The van der Waals surface area contributed by atoms with Gasteiger partial charge in [0.25, 0.3) is 0 Å². The minimum Gasteiger partial charge on any atom is -0.497 e. The second-order valence-electron chi connectivity index (χ2n) is 5.43. The van der Waals surface area contributed by atoms with Crippen molar-refractivity contribution in [1.29, 1.82) is 0 Å². The summed E-state index contributed by atoms with van der Waals surface area (Å²) < 4.78 is 10.3. The number of nitrogens with one attached hydrogen (secondary N) is 2. The lowest BCUT2D eigenvalue weighted by Gasteiger charge is -2.12. The summed E-state index contributed by atoms with van der Waals surface area (Å²) in [7, 11) is 3.07. The van der Waals surface area contributed by atoms with Crippen molar-refractivity contribution in [3.8, 4) is 11.6 Å². The SMILES string of the molecule is COc1ccc(NC(=O)C(=O)NCc2c(C)cc(C)nc2OC)cc1. The Kier molecular flexibility index (Phi) is 5.94. The van der Waals surface area contributed by atoms with E-state index in [0.29, 0.717) is 17.3 Å². The molecule has 0 aliphatic heterocycles. The summed E-state index contributed by atoms with van der Waals surface area (Å²) in [5.74, 6) is -0.384. The highest BCUT2D eigenvalue weighted by Crippen LogP contribution is 2.20. The first kappa shape index (κ1) is 18.3. The van der Waals surface area contributed by atoms with Crippen molar-refractivity contribution in [3.05, 3.63) is 47.2 Å². The number of rotatable bonds is 5. The van der Waals surface area contributed by atoms with Crippen molar-refractivity contribution in [1.82, 2.24) is 10.3 Å². The first-order valence-corrected chi connectivity index (χ1v) is 7.69. The normalized spacial score (nSPS) is 10.1. The summed E-state index contributed by atoms with van der Waals surface area (Å²) in [6, 6.07) is 8.59. The highest BCUT2D eigenvalue weighted by atomic mass is 16.5. The van der Waals surface area contributed by atoms with E-state index in [1.54, 1.807) is 31.4 Å². The minimum absolute atomic E-state index is 0.150. The molecule has 2 amide bonds. The number of carbonyl (C=O) groups is 2. The maximum atomic E-state index is 12.0. The number of hydrogen-bond donors (Lipinski definition) is 2. The lowest BCUT2D eigenvalue weighted by molar-refractivity contribution is -0.136. The molecule has 7 nitrogen and oxygen atoms in total. The molecule has 132 valence electrons. The van der Waals surface area contributed by atoms with Gasteiger partial charge in [0.2, 0.25) is 5.88 Å². The molecular weight excluding hydrogens is 322 g/mol. The van der Waals surface area contributed by atoms with Crippen LogP contribution < -0.4 is 20.1 Å². The molecule has 0 unspecified atom stereocenters. The number of methoxy groups -OCH3 is 2. The van der Waals surface area contributed by atoms with E-state index in [4.69, 9.17) is 9.47 Å². The maximum absolute atomic E-state index is 12.0. The molecule has 0 fully saturated rings. The van der Waals surface area contributed by atoms with Gasteiger partial charge in [-0.15, -0.1) is 0 Å². The van der Waals surface area contributed by atoms with Gasteiger partial charge in [-0.25, -0.2) is 4.98 Å². The molecule has 0 saturated carbocycles. The number of pyridine rings is 1. The highest BCUT2D eigenvalue weighted by Gasteiger charge is 2.16. The van der Waals surface area contributed by atoms with Crippen LogP contribution in [0.25, 0.3) is 0 Å². The first-order valence-electron chi connectivity index (χ1n) is 7.69. The van der Waals surface area contributed by atoms with Crippen molar-refractivity contribution < 1.29 is 19.1 Å². The van der Waals surface area contributed by atoms with Gasteiger partial charge in [-0.3, -0.25) is 9.59 Å². The number of aromatic nitrogens is 1. The predicted molar refractivity (Wildman–Crippen MR) is 93.7 cm³/mol. The molecule has 0 aliphatic rings. The first-order chi connectivity index (χ1) is 11.9. The van der Waals surface area contributed by atoms with Crippen LogP contribution in [0.4, 0.5) is 5.69 Å². The van der Waals surface area contributed by atoms with Crippen LogP contribution in [0.2, 0.25) is 0 Å². The molecule has 0 aliphatic carbocycles. The van der Waals surface area contributed by atoms with Gasteiger partial charge in [0.1, 0.15) is 5.75 Å². The zero-order valence-corrected chi connectivity index (χ0v) is 14.7. The molecule has 0 atom stereocenters. The van der Waals surface area contributed by atoms with Gasteiger partial charge in [-0.2, -0.15) is 0 Å². The molecule has 25 heavy (non-hydrogen) atoms. The second-order valence-corrected chi connectivity index (χ2v) is 5.43. The van der Waals surface area contributed by atoms with Crippen LogP contribution >= 0.6 is 0 Å². The van der Waals surface area contributed by atoms with Crippen LogP contribution in [0.5, 0.6) is 11.6 Å². The number of benzene rings is 1. The third-order valence-electron chi connectivity index (χ3n) is 3.61. The Balaban J connectivity index is 1.98. The van der Waals surface area contributed by atoms with Crippen molar-refractivity contribution in [3.63, 3.8) is 0 Å². The molecule has 2 aromatic rings. The quantitative estimate of drug-likeness (QED) is 0.810. The van der Waals surface area contributed by atoms with Crippen LogP contribution in [0.15, 0.2) is 30.3 Å². The number of nitrogens with zero attached hydrogens (tertiary/aromatic N) is 1. The van der Waals surface area contributed by atoms with Gasteiger partial charge in [0.15, 0.2) is 0 Å². The summed E-state index contributed by atoms with van der Waals surface area (Å²) in [5.41, 5.74) is 2.99. The average molecular weight is 343 g/mol. The van der Waals surface area contributed by atoms with Gasteiger partial charge in [0, 0.05) is 23.5 Å². The summed E-state index contributed by atoms with van der Waals surface area (Å²) in [6.45, 7) is 3.91. The van der Waals surface area contributed by atoms with Crippen LogP contribution in [-0.4, -0.2) is 31.0 Å². The minimum atomic E-state index is -0.748. The largest absolute Gasteiger partial charge is 0.497 e. The molecule has 0 saturated heterocycles. The third kappa shape index (κ3) is 4.69. The van der Waals surface area contributed by atoms with Crippen LogP contribution in [-0.2, 0) is 16.1 Å². The van der Waals surface area contributed by atoms with E-state index in [9.17, 15) is 9.59 Å². The van der Waals surface area contributed by atoms with Crippen LogP contribution in [0.3, 0.4) is 0 Å². The Hall–Kier alpha value is -3.09. The molecule has 0 radical (unpaired) electrons. The van der Waals surface area contributed by atoms with Crippen molar-refractivity contribution >= 4 is 17.5 Å². The Bertz CT molecular complexity index is 773. The zero-order valence-electron chi connectivity index (χ0n) is 14.7. The number of amides is 2. The highest BCUT2D eigenvalue weighted by molar-refractivity contribution is 6.39. The fourth-order valence-corrected chi connectivity index (χ4v) is 2.32. The molecule has 0 bridgehead atoms. The summed E-state index contributed by atoms with van der Waals surface area (Å²) in [4.78, 5) is 28.3. The third-order valence-corrected chi connectivity index (χ3v) is 3.61. The smallest absolute Gasteiger partial charge is 0.313 e. The average Bonchev–Trinajstić information content (AvgIpc) is 2.60. The fraction of sp³-hybridized carbons (Fsp3) is 0.278. The van der Waals surface area contributed by atoms with E-state index in [1.165, 1.54) is 7.11 Å². The molecular formula is C18H21N3O4. The van der Waals surface area contributed by atoms with Crippen LogP contribution in [0.1, 0.15) is 16.8 Å². The molecule has 0 spiro atoms. The predicted octanol–water partition coefficient (Wildman–Crippen LogP) is 1.97. The molecule has 1 heterocycles. The van der Waals surface area contributed by atoms with Crippen molar-refractivity contribution in [2.75, 3.05) is 19.5 Å². The van der Waals surface area contributed by atoms with E-state index in [0.717, 1.165) is 16.8 Å². The van der Waals surface area contributed by atoms with E-state index in [2.05, 4.69) is 15.6 Å². The topological polar surface area (TPSA) is 89.5 Å². The fourth-order valence-electron chi connectivity index (χ4n) is 2.32. The maximum Gasteiger partial charge on any atom is 0.313 e. The van der Waals surface area contributed by atoms with E-state index >= 15 is 0 Å². The number of ether oxygens (including phenoxy) is 2. The Morgan fingerprint density at radius 1 is 1.04 bits per heavy atom. The van der Waals surface area contributed by atoms with Crippen LogP contribution in [0, 0.1) is 13.8 Å². The van der Waals surface area contributed by atoms with Gasteiger partial charge in [-0.1, -0.05) is 0 Å². The summed E-state index contributed by atoms with van der Waals surface area (Å²) in [5, 5.41) is 5.11. The second kappa shape index (κ2) is 8.14. The standard InChI is InChI=1S/C18H21N3O4/c1-11-9-12(2)20-18(25-4)15(11)10-19-16(22)17(23)21-13-5-7-14(24-3)8-6-13/h5-9H,10H2,1-4H3,(H,19,22)(H,21,23). The summed E-state index contributed by atoms with van der Waals surface area (Å²) in [6.07, 6.45) is 0. The molecule has 2 rings (SSSR count). The van der Waals surface area contributed by atoms with Gasteiger partial charge in [-0.05, 0) is 49.7 Å². The van der Waals surface area contributed by atoms with Gasteiger partial charge in [0.05, 0.1) is 14.2 Å². The van der Waals surface area contributed by atoms with E-state index in [1.807, 2.05) is 19.9 Å². The number of carbonyl (C=O) groups excluding carboxylic acids is 2. The number of hydrogen-bond acceptors (Lipinski definition) is 5. The molecule has 2 N–H and O–H groups in total. The zero-order chi connectivity index (χ0) is 18.4. The lowest BCUT2D eigenvalue weighted by atomic mass is 10.1. The van der Waals surface area contributed by atoms with Crippen molar-refractivity contribution in [2.45, 2.75) is 20.4 Å². The molecule has 7 heteroatoms. The Morgan fingerprint density at radius 2 is 1.72 bits per heavy atom. The lowest BCUT2D eigenvalue weighted by Crippen LogP contribution is -2.35. The van der Waals surface area contributed by atoms with Gasteiger partial charge >= 0.3 is 11.8 Å². The number of anilines is 1. The molecule has 1 aromatic carbocycles. The van der Waals surface area contributed by atoms with E-state index in [-0.39, 0.29) is 6.54 Å². The Labute approximate surface area is 146 Å². The summed E-state index contributed by atoms with van der Waals surface area (Å²) >= 11 is 0. The number of aryl methyl sites for hydroxylation is 2. The monoisotopic (exact) mass is 343 g/mol. The van der Waals surface area contributed by atoms with Crippen molar-refractivity contribution in [2.24, 2.45) is 0 Å². The molecule has 1 aromatic heterocycles. The van der Waals surface area contributed by atoms with E-state index < -0.39 is 11.8 Å². The van der Waals surface area contributed by atoms with Gasteiger partial charge < -0.3 is 20.1 Å².